The van der Waals surface area contributed by atoms with Gasteiger partial charge in [-0.25, -0.2) is 0 Å². The van der Waals surface area contributed by atoms with Crippen LogP contribution in [0.2, 0.25) is 0 Å². The molecule has 0 aliphatic carbocycles. The van der Waals surface area contributed by atoms with Crippen molar-refractivity contribution in [3.8, 4) is 5.75 Å². The third-order valence-electron chi connectivity index (χ3n) is 3.81. The highest BCUT2D eigenvalue weighted by Crippen LogP contribution is 2.25. The maximum absolute atomic E-state index is 12.1. The van der Waals surface area contributed by atoms with Gasteiger partial charge in [0.25, 0.3) is 0 Å². The van der Waals surface area contributed by atoms with E-state index in [4.69, 9.17) is 4.74 Å². The number of hydrogen-bond acceptors (Lipinski definition) is 4. The molecule has 0 spiro atoms. The molecule has 21 heavy (non-hydrogen) atoms. The first kappa shape index (κ1) is 15.8. The first-order valence-corrected chi connectivity index (χ1v) is 7.59. The summed E-state index contributed by atoms with van der Waals surface area (Å²) in [7, 11) is 0. The molecule has 1 fully saturated rings. The monoisotopic (exact) mass is 292 g/mol. The molecule has 5 heteroatoms. The molecule has 1 aliphatic rings. The maximum atomic E-state index is 12.1. The van der Waals surface area contributed by atoms with Crippen LogP contribution in [0.5, 0.6) is 5.75 Å². The van der Waals surface area contributed by atoms with Gasteiger partial charge in [-0.05, 0) is 12.5 Å². The molecule has 0 saturated carbocycles. The van der Waals surface area contributed by atoms with Crippen LogP contribution in [0.25, 0.3) is 0 Å². The molecule has 1 aromatic carbocycles. The van der Waals surface area contributed by atoms with Gasteiger partial charge in [-0.3, -0.25) is 4.79 Å². The minimum absolute atomic E-state index is 0.0729. The average molecular weight is 292 g/mol. The van der Waals surface area contributed by atoms with Crippen LogP contribution < -0.4 is 5.32 Å². The van der Waals surface area contributed by atoms with Gasteiger partial charge < -0.3 is 20.1 Å². The van der Waals surface area contributed by atoms with Crippen molar-refractivity contribution in [2.75, 3.05) is 32.8 Å². The van der Waals surface area contributed by atoms with Gasteiger partial charge in [-0.15, -0.1) is 0 Å². The molecular formula is C16H24N2O3. The second kappa shape index (κ2) is 8.00. The third-order valence-corrected chi connectivity index (χ3v) is 3.81. The standard InChI is InChI=1S/C16H24N2O3/c1-2-14(13-5-3-4-6-15(13)19)17-8-7-16(20)18-9-11-21-12-10-18/h3-6,14,17,19H,2,7-12H2,1H3. The largest absolute Gasteiger partial charge is 0.508 e. The Hall–Kier alpha value is -1.59. The zero-order valence-corrected chi connectivity index (χ0v) is 12.5. The average Bonchev–Trinajstić information content (AvgIpc) is 2.53. The van der Waals surface area contributed by atoms with Crippen molar-refractivity contribution in [2.24, 2.45) is 0 Å². The Labute approximate surface area is 125 Å². The topological polar surface area (TPSA) is 61.8 Å². The molecular weight excluding hydrogens is 268 g/mol. The van der Waals surface area contributed by atoms with E-state index in [1.807, 2.05) is 23.1 Å². The fourth-order valence-electron chi connectivity index (χ4n) is 2.58. The summed E-state index contributed by atoms with van der Waals surface area (Å²) in [5, 5.41) is 13.3. The van der Waals surface area contributed by atoms with Gasteiger partial charge in [0, 0.05) is 37.7 Å². The molecule has 1 saturated heterocycles. The quantitative estimate of drug-likeness (QED) is 0.837. The van der Waals surface area contributed by atoms with Crippen LogP contribution in [0, 0.1) is 0 Å². The second-order valence-electron chi connectivity index (χ2n) is 5.22. The summed E-state index contributed by atoms with van der Waals surface area (Å²) >= 11 is 0. The van der Waals surface area contributed by atoms with Crippen molar-refractivity contribution >= 4 is 5.91 Å². The first-order chi connectivity index (χ1) is 10.2. The minimum atomic E-state index is 0.0729. The molecule has 1 unspecified atom stereocenters. The Morgan fingerprint density at radius 3 is 2.76 bits per heavy atom. The second-order valence-corrected chi connectivity index (χ2v) is 5.22. The minimum Gasteiger partial charge on any atom is -0.508 e. The van der Waals surface area contributed by atoms with Crippen LogP contribution in [0.1, 0.15) is 31.4 Å². The Morgan fingerprint density at radius 1 is 1.38 bits per heavy atom. The molecule has 0 bridgehead atoms. The van der Waals surface area contributed by atoms with Gasteiger partial charge in [-0.2, -0.15) is 0 Å². The Morgan fingerprint density at radius 2 is 2.10 bits per heavy atom. The number of nitrogens with one attached hydrogen (secondary N) is 1. The number of carbonyl (C=O) groups is 1. The summed E-state index contributed by atoms with van der Waals surface area (Å²) in [6, 6.07) is 7.41. The van der Waals surface area contributed by atoms with Crippen LogP contribution in [-0.2, 0) is 9.53 Å². The van der Waals surface area contributed by atoms with E-state index >= 15 is 0 Å². The normalized spacial score (nSPS) is 16.7. The Kier molecular flexibility index (Phi) is 6.02. The van der Waals surface area contributed by atoms with Crippen molar-refractivity contribution in [3.63, 3.8) is 0 Å². The lowest BCUT2D eigenvalue weighted by Gasteiger charge is -2.27. The summed E-state index contributed by atoms with van der Waals surface area (Å²) in [6.45, 7) is 5.32. The number of phenolic OH excluding ortho intramolecular Hbond substituents is 1. The molecule has 1 amide bonds. The summed E-state index contributed by atoms with van der Waals surface area (Å²) in [4.78, 5) is 13.9. The number of phenols is 1. The summed E-state index contributed by atoms with van der Waals surface area (Å²) in [6.07, 6.45) is 1.34. The predicted octanol–water partition coefficient (Wildman–Crippen LogP) is 1.68. The number of aromatic hydroxyl groups is 1. The summed E-state index contributed by atoms with van der Waals surface area (Å²) < 4.78 is 5.24. The first-order valence-electron chi connectivity index (χ1n) is 7.59. The molecule has 0 radical (unpaired) electrons. The molecule has 1 aromatic rings. The molecule has 1 aliphatic heterocycles. The summed E-state index contributed by atoms with van der Waals surface area (Å²) in [5.41, 5.74) is 0.888. The molecule has 0 aromatic heterocycles. The fourth-order valence-corrected chi connectivity index (χ4v) is 2.58. The van der Waals surface area contributed by atoms with Crippen molar-refractivity contribution in [2.45, 2.75) is 25.8 Å². The number of carbonyl (C=O) groups excluding carboxylic acids is 1. The van der Waals surface area contributed by atoms with E-state index < -0.39 is 0 Å². The van der Waals surface area contributed by atoms with E-state index in [0.29, 0.717) is 45.0 Å². The SMILES string of the molecule is CCC(NCCC(=O)N1CCOCC1)c1ccccc1O. The predicted molar refractivity (Wildman–Crippen MR) is 81.2 cm³/mol. The number of amides is 1. The summed E-state index contributed by atoms with van der Waals surface area (Å²) in [5.74, 6) is 0.467. The number of nitrogens with zero attached hydrogens (tertiary/aromatic N) is 1. The lowest BCUT2D eigenvalue weighted by Crippen LogP contribution is -2.41. The highest BCUT2D eigenvalue weighted by molar-refractivity contribution is 5.76. The van der Waals surface area contributed by atoms with Gasteiger partial charge in [-0.1, -0.05) is 25.1 Å². The van der Waals surface area contributed by atoms with E-state index in [9.17, 15) is 9.90 Å². The molecule has 116 valence electrons. The van der Waals surface area contributed by atoms with Crippen LogP contribution in [0.4, 0.5) is 0 Å². The van der Waals surface area contributed by atoms with Gasteiger partial charge in [0.05, 0.1) is 13.2 Å². The van der Waals surface area contributed by atoms with Crippen LogP contribution in [-0.4, -0.2) is 48.8 Å². The van der Waals surface area contributed by atoms with Gasteiger partial charge >= 0.3 is 0 Å². The number of ether oxygens (including phenoxy) is 1. The number of rotatable bonds is 6. The van der Waals surface area contributed by atoms with E-state index in [1.54, 1.807) is 6.07 Å². The van der Waals surface area contributed by atoms with E-state index in [2.05, 4.69) is 12.2 Å². The van der Waals surface area contributed by atoms with Crippen molar-refractivity contribution in [3.05, 3.63) is 29.8 Å². The Balaban J connectivity index is 1.81. The van der Waals surface area contributed by atoms with E-state index in [1.165, 1.54) is 0 Å². The van der Waals surface area contributed by atoms with E-state index in [0.717, 1.165) is 12.0 Å². The molecule has 2 rings (SSSR count). The highest BCUT2D eigenvalue weighted by atomic mass is 16.5. The van der Waals surface area contributed by atoms with Crippen molar-refractivity contribution < 1.29 is 14.6 Å². The number of benzene rings is 1. The number of morpholine rings is 1. The lowest BCUT2D eigenvalue weighted by molar-refractivity contribution is -0.135. The van der Waals surface area contributed by atoms with Gasteiger partial charge in [0.2, 0.25) is 5.91 Å². The van der Waals surface area contributed by atoms with Crippen LogP contribution >= 0.6 is 0 Å². The fraction of sp³-hybridized carbons (Fsp3) is 0.562. The zero-order valence-electron chi connectivity index (χ0n) is 12.5. The molecule has 5 nitrogen and oxygen atoms in total. The van der Waals surface area contributed by atoms with Crippen molar-refractivity contribution in [1.29, 1.82) is 0 Å². The third kappa shape index (κ3) is 4.44. The van der Waals surface area contributed by atoms with E-state index in [-0.39, 0.29) is 11.9 Å². The smallest absolute Gasteiger partial charge is 0.224 e. The highest BCUT2D eigenvalue weighted by Gasteiger charge is 2.17. The number of para-hydroxylation sites is 1. The molecule has 2 N–H and O–H groups in total. The zero-order chi connectivity index (χ0) is 15.1. The van der Waals surface area contributed by atoms with Crippen LogP contribution in [0.15, 0.2) is 24.3 Å². The number of hydrogen-bond donors (Lipinski definition) is 2. The van der Waals surface area contributed by atoms with Gasteiger partial charge in [0.1, 0.15) is 5.75 Å². The van der Waals surface area contributed by atoms with Gasteiger partial charge in [0.15, 0.2) is 0 Å². The van der Waals surface area contributed by atoms with Crippen LogP contribution in [0.3, 0.4) is 0 Å². The molecule has 1 atom stereocenters. The van der Waals surface area contributed by atoms with Crippen molar-refractivity contribution in [1.82, 2.24) is 10.2 Å². The maximum Gasteiger partial charge on any atom is 0.224 e. The lowest BCUT2D eigenvalue weighted by atomic mass is 10.0. The Bertz CT molecular complexity index is 459. The molecule has 1 heterocycles.